The largest absolute Gasteiger partial charge is 0.417 e. The number of nitrogens with zero attached hydrogens (tertiary/aromatic N) is 3. The summed E-state index contributed by atoms with van der Waals surface area (Å²) in [6.07, 6.45) is 0.426. The number of tetrazole rings is 1. The van der Waals surface area contributed by atoms with Gasteiger partial charge < -0.3 is 10.6 Å². The van der Waals surface area contributed by atoms with Gasteiger partial charge in [-0.3, -0.25) is 0 Å². The van der Waals surface area contributed by atoms with Gasteiger partial charge in [0.2, 0.25) is 10.0 Å². The van der Waals surface area contributed by atoms with Crippen LogP contribution in [0.25, 0.3) is 11.4 Å². The molecule has 1 unspecified atom stereocenters. The van der Waals surface area contributed by atoms with E-state index in [4.69, 9.17) is 5.14 Å². The standard InChI is InChI=1S/C21H30F3N7O2S/c1-12(13-8-10-26-11-9-13)27-15-4-2-14(3-5-15)16-6-7-17(21(22,23)24)19(34(25,32)33)18(16)20-28-30-31-29-20/h6-7,12-15,26-27H,2-5,8-11H2,1H3,(H2,25,32,33)(H,28,29,30,31)/t12?,14-,15-. The Morgan fingerprint density at radius 3 is 2.35 bits per heavy atom. The lowest BCUT2D eigenvalue weighted by Gasteiger charge is -2.36. The van der Waals surface area contributed by atoms with Crippen LogP contribution in [0.5, 0.6) is 0 Å². The predicted molar refractivity (Wildman–Crippen MR) is 119 cm³/mol. The van der Waals surface area contributed by atoms with Gasteiger partial charge in [0, 0.05) is 17.6 Å². The summed E-state index contributed by atoms with van der Waals surface area (Å²) in [5.74, 6) is 0.330. The van der Waals surface area contributed by atoms with Crippen molar-refractivity contribution in [2.24, 2.45) is 11.1 Å². The maximum Gasteiger partial charge on any atom is 0.417 e. The monoisotopic (exact) mass is 501 g/mol. The number of aromatic amines is 1. The quantitative estimate of drug-likeness (QED) is 0.477. The first kappa shape index (κ1) is 25.0. The molecule has 1 aromatic carbocycles. The first-order valence-electron chi connectivity index (χ1n) is 11.5. The van der Waals surface area contributed by atoms with Crippen molar-refractivity contribution in [2.75, 3.05) is 13.1 Å². The van der Waals surface area contributed by atoms with Crippen molar-refractivity contribution in [1.82, 2.24) is 31.3 Å². The highest BCUT2D eigenvalue weighted by Gasteiger charge is 2.40. The Balaban J connectivity index is 1.60. The van der Waals surface area contributed by atoms with Crippen LogP contribution in [-0.4, -0.2) is 54.2 Å². The van der Waals surface area contributed by atoms with Crippen LogP contribution in [0.2, 0.25) is 0 Å². The summed E-state index contributed by atoms with van der Waals surface area (Å²) in [6, 6.07) is 2.83. The summed E-state index contributed by atoms with van der Waals surface area (Å²) in [6.45, 7) is 4.28. The van der Waals surface area contributed by atoms with Gasteiger partial charge in [0.1, 0.15) is 4.90 Å². The normalized spacial score (nSPS) is 23.7. The van der Waals surface area contributed by atoms with Gasteiger partial charge in [-0.2, -0.15) is 13.2 Å². The fraction of sp³-hybridized carbons (Fsp3) is 0.667. The molecule has 2 fully saturated rings. The molecular formula is C21H30F3N7O2S. The number of benzene rings is 1. The number of sulfonamides is 1. The maximum absolute atomic E-state index is 13.7. The van der Waals surface area contributed by atoms with Gasteiger partial charge in [-0.05, 0) is 92.4 Å². The second-order valence-corrected chi connectivity index (χ2v) is 10.8. The molecular weight excluding hydrogens is 471 g/mol. The number of piperidine rings is 1. The molecule has 1 saturated carbocycles. The Morgan fingerprint density at radius 1 is 1.12 bits per heavy atom. The van der Waals surface area contributed by atoms with E-state index in [0.717, 1.165) is 44.8 Å². The van der Waals surface area contributed by atoms with Crippen LogP contribution in [0.1, 0.15) is 62.5 Å². The molecule has 2 heterocycles. The molecule has 13 heteroatoms. The summed E-state index contributed by atoms with van der Waals surface area (Å²) in [4.78, 5) is -0.990. The lowest BCUT2D eigenvalue weighted by atomic mass is 9.79. The minimum Gasteiger partial charge on any atom is -0.317 e. The SMILES string of the molecule is CC(N[C@H]1CC[C@H](c2ccc(C(F)(F)F)c(S(N)(=O)=O)c2-c2nnn[nH]2)CC1)C1CCNCC1. The van der Waals surface area contributed by atoms with E-state index in [2.05, 4.69) is 38.2 Å². The van der Waals surface area contributed by atoms with Crippen LogP contribution in [0.4, 0.5) is 13.2 Å². The molecule has 1 aliphatic heterocycles. The average molecular weight is 502 g/mol. The van der Waals surface area contributed by atoms with E-state index in [0.29, 0.717) is 36.4 Å². The Morgan fingerprint density at radius 2 is 1.79 bits per heavy atom. The second-order valence-electron chi connectivity index (χ2n) is 9.29. The second kappa shape index (κ2) is 9.88. The highest BCUT2D eigenvalue weighted by atomic mass is 32.2. The summed E-state index contributed by atoms with van der Waals surface area (Å²) in [7, 11) is -4.73. The number of aromatic nitrogens is 4. The van der Waals surface area contributed by atoms with Crippen LogP contribution in [-0.2, 0) is 16.2 Å². The molecule has 4 rings (SSSR count). The minimum atomic E-state index is -4.91. The van der Waals surface area contributed by atoms with E-state index in [1.807, 2.05) is 0 Å². The van der Waals surface area contributed by atoms with Crippen molar-refractivity contribution in [2.45, 2.75) is 74.5 Å². The molecule has 0 bridgehead atoms. The van der Waals surface area contributed by atoms with Crippen LogP contribution in [0.3, 0.4) is 0 Å². The molecule has 1 saturated heterocycles. The van der Waals surface area contributed by atoms with Crippen molar-refractivity contribution in [3.63, 3.8) is 0 Å². The van der Waals surface area contributed by atoms with Gasteiger partial charge in [-0.15, -0.1) is 5.10 Å². The molecule has 1 aromatic heterocycles. The highest BCUT2D eigenvalue weighted by Crippen LogP contribution is 2.44. The third-order valence-corrected chi connectivity index (χ3v) is 8.11. The van der Waals surface area contributed by atoms with E-state index in [9.17, 15) is 21.6 Å². The third-order valence-electron chi connectivity index (χ3n) is 7.12. The average Bonchev–Trinajstić information content (AvgIpc) is 3.33. The Kier molecular flexibility index (Phi) is 7.27. The highest BCUT2D eigenvalue weighted by molar-refractivity contribution is 7.89. The van der Waals surface area contributed by atoms with E-state index in [1.165, 1.54) is 6.07 Å². The summed E-state index contributed by atoms with van der Waals surface area (Å²) < 4.78 is 65.8. The summed E-state index contributed by atoms with van der Waals surface area (Å²) in [5, 5.41) is 25.4. The topological polar surface area (TPSA) is 139 Å². The molecule has 2 aromatic rings. The Hall–Kier alpha value is -2.09. The van der Waals surface area contributed by atoms with Gasteiger partial charge in [-0.25, -0.2) is 18.7 Å². The number of alkyl halides is 3. The molecule has 34 heavy (non-hydrogen) atoms. The van der Waals surface area contributed by atoms with E-state index < -0.39 is 26.7 Å². The van der Waals surface area contributed by atoms with Gasteiger partial charge in [-0.1, -0.05) is 6.07 Å². The van der Waals surface area contributed by atoms with E-state index >= 15 is 0 Å². The molecule has 0 amide bonds. The Bertz CT molecular complexity index is 1080. The van der Waals surface area contributed by atoms with E-state index in [1.54, 1.807) is 0 Å². The van der Waals surface area contributed by atoms with Gasteiger partial charge in [0.15, 0.2) is 5.82 Å². The van der Waals surface area contributed by atoms with Crippen molar-refractivity contribution < 1.29 is 21.6 Å². The van der Waals surface area contributed by atoms with Crippen molar-refractivity contribution in [1.29, 1.82) is 0 Å². The lowest BCUT2D eigenvalue weighted by molar-refractivity contribution is -0.139. The van der Waals surface area contributed by atoms with Gasteiger partial charge in [0.25, 0.3) is 0 Å². The number of hydrogen-bond acceptors (Lipinski definition) is 7. The molecule has 9 nitrogen and oxygen atoms in total. The molecule has 0 radical (unpaired) electrons. The first-order valence-corrected chi connectivity index (χ1v) is 13.1. The fourth-order valence-electron chi connectivity index (χ4n) is 5.39. The van der Waals surface area contributed by atoms with Crippen molar-refractivity contribution in [3.8, 4) is 11.4 Å². The van der Waals surface area contributed by atoms with E-state index in [-0.39, 0.29) is 17.3 Å². The predicted octanol–water partition coefficient (Wildman–Crippen LogP) is 2.54. The number of H-pyrrole nitrogens is 1. The first-order chi connectivity index (χ1) is 16.1. The van der Waals surface area contributed by atoms with Crippen molar-refractivity contribution >= 4 is 10.0 Å². The fourth-order valence-corrected chi connectivity index (χ4v) is 6.38. The zero-order valence-electron chi connectivity index (χ0n) is 18.9. The van der Waals surface area contributed by atoms with Gasteiger partial charge in [0.05, 0.1) is 5.56 Å². The molecule has 1 atom stereocenters. The number of primary sulfonamides is 1. The number of halogens is 3. The zero-order chi connectivity index (χ0) is 24.5. The number of nitrogens with two attached hydrogens (primary N) is 1. The summed E-state index contributed by atoms with van der Waals surface area (Å²) >= 11 is 0. The number of hydrogen-bond donors (Lipinski definition) is 4. The van der Waals surface area contributed by atoms with Crippen molar-refractivity contribution in [3.05, 3.63) is 23.3 Å². The smallest absolute Gasteiger partial charge is 0.317 e. The summed E-state index contributed by atoms with van der Waals surface area (Å²) in [5.41, 5.74) is -1.06. The van der Waals surface area contributed by atoms with Crippen LogP contribution in [0, 0.1) is 5.92 Å². The minimum absolute atomic E-state index is 0.143. The van der Waals surface area contributed by atoms with Crippen LogP contribution in [0.15, 0.2) is 17.0 Å². The molecule has 5 N–H and O–H groups in total. The van der Waals surface area contributed by atoms with Crippen LogP contribution >= 0.6 is 0 Å². The number of rotatable bonds is 6. The zero-order valence-corrected chi connectivity index (χ0v) is 19.7. The third kappa shape index (κ3) is 5.42. The molecule has 0 spiro atoms. The molecule has 2 aliphatic rings. The maximum atomic E-state index is 13.7. The molecule has 188 valence electrons. The van der Waals surface area contributed by atoms with Gasteiger partial charge >= 0.3 is 6.18 Å². The number of nitrogens with one attached hydrogen (secondary N) is 3. The molecule has 1 aliphatic carbocycles. The van der Waals surface area contributed by atoms with Crippen LogP contribution < -0.4 is 15.8 Å². The Labute approximate surface area is 196 Å². The lowest BCUT2D eigenvalue weighted by Crippen LogP contribution is -2.45.